The second-order valence-corrected chi connectivity index (χ2v) is 6.13. The summed E-state index contributed by atoms with van der Waals surface area (Å²) in [6, 6.07) is 19.5. The van der Waals surface area contributed by atoms with E-state index in [2.05, 4.69) is 0 Å². The molecular formula is C21H15NO5. The number of hydroxylamine groups is 2. The fourth-order valence-corrected chi connectivity index (χ4v) is 2.91. The monoisotopic (exact) mass is 361 g/mol. The van der Waals surface area contributed by atoms with E-state index in [0.717, 1.165) is 10.8 Å². The van der Waals surface area contributed by atoms with Gasteiger partial charge in [-0.15, -0.1) is 0 Å². The highest BCUT2D eigenvalue weighted by Gasteiger charge is 2.39. The number of carbonyl (C=O) groups is 3. The van der Waals surface area contributed by atoms with Crippen molar-refractivity contribution in [1.82, 2.24) is 5.06 Å². The first-order chi connectivity index (χ1) is 13.0. The zero-order valence-electron chi connectivity index (χ0n) is 14.4. The van der Waals surface area contributed by atoms with Crippen molar-refractivity contribution in [2.75, 3.05) is 0 Å². The fourth-order valence-electron chi connectivity index (χ4n) is 2.91. The maximum atomic E-state index is 12.3. The van der Waals surface area contributed by atoms with Crippen molar-refractivity contribution in [2.24, 2.45) is 0 Å². The molecule has 0 N–H and O–H groups in total. The molecule has 1 atom stereocenters. The Kier molecular flexibility index (Phi) is 4.08. The standard InChI is InChI=1S/C21H15NO5/c1-13(26-16-11-10-14-6-2-3-7-15(14)12-16)21(25)27-22-19(23)17-8-4-5-9-18(17)20(22)24/h2-13H,1H3/t13-/m0/s1. The molecule has 1 heterocycles. The molecule has 0 aromatic heterocycles. The molecule has 6 nitrogen and oxygen atoms in total. The van der Waals surface area contributed by atoms with Gasteiger partial charge in [-0.2, -0.15) is 0 Å². The molecule has 1 aliphatic rings. The fraction of sp³-hybridized carbons (Fsp3) is 0.0952. The summed E-state index contributed by atoms with van der Waals surface area (Å²) >= 11 is 0. The summed E-state index contributed by atoms with van der Waals surface area (Å²) in [4.78, 5) is 41.8. The number of carbonyl (C=O) groups excluding carboxylic acids is 3. The molecule has 1 aliphatic heterocycles. The lowest BCUT2D eigenvalue weighted by Gasteiger charge is -2.17. The normalized spacial score (nSPS) is 14.2. The summed E-state index contributed by atoms with van der Waals surface area (Å²) in [7, 11) is 0. The number of hydrogen-bond donors (Lipinski definition) is 0. The Labute approximate surface area is 154 Å². The zero-order valence-corrected chi connectivity index (χ0v) is 14.4. The summed E-state index contributed by atoms with van der Waals surface area (Å²) in [5.74, 6) is -1.68. The van der Waals surface area contributed by atoms with E-state index < -0.39 is 23.9 Å². The topological polar surface area (TPSA) is 72.9 Å². The molecule has 27 heavy (non-hydrogen) atoms. The molecule has 0 radical (unpaired) electrons. The highest BCUT2D eigenvalue weighted by atomic mass is 16.7. The first kappa shape index (κ1) is 16.8. The van der Waals surface area contributed by atoms with Gasteiger partial charge in [0.2, 0.25) is 0 Å². The highest BCUT2D eigenvalue weighted by molar-refractivity contribution is 6.20. The van der Waals surface area contributed by atoms with Crippen molar-refractivity contribution in [3.05, 3.63) is 77.9 Å². The Balaban J connectivity index is 1.46. The van der Waals surface area contributed by atoms with Crippen molar-refractivity contribution in [3.8, 4) is 5.75 Å². The smallest absolute Gasteiger partial charge is 0.373 e. The average Bonchev–Trinajstić information content (AvgIpc) is 2.93. The lowest BCUT2D eigenvalue weighted by Crippen LogP contribution is -2.37. The van der Waals surface area contributed by atoms with Crippen molar-refractivity contribution < 1.29 is 24.0 Å². The van der Waals surface area contributed by atoms with Gasteiger partial charge in [0.1, 0.15) is 5.75 Å². The van der Waals surface area contributed by atoms with Gasteiger partial charge in [0.25, 0.3) is 11.8 Å². The lowest BCUT2D eigenvalue weighted by atomic mass is 10.1. The van der Waals surface area contributed by atoms with Crippen molar-refractivity contribution >= 4 is 28.6 Å². The van der Waals surface area contributed by atoms with Crippen LogP contribution in [0.2, 0.25) is 0 Å². The summed E-state index contributed by atoms with van der Waals surface area (Å²) in [5.41, 5.74) is 0.414. The van der Waals surface area contributed by atoms with E-state index in [-0.39, 0.29) is 11.1 Å². The van der Waals surface area contributed by atoms with Crippen molar-refractivity contribution in [3.63, 3.8) is 0 Å². The predicted molar refractivity (Wildman–Crippen MR) is 97.1 cm³/mol. The van der Waals surface area contributed by atoms with Gasteiger partial charge in [-0.25, -0.2) is 4.79 Å². The van der Waals surface area contributed by atoms with E-state index in [0.29, 0.717) is 10.8 Å². The molecule has 0 fully saturated rings. The molecule has 0 aliphatic carbocycles. The Morgan fingerprint density at radius 1 is 0.852 bits per heavy atom. The lowest BCUT2D eigenvalue weighted by molar-refractivity contribution is -0.176. The minimum Gasteiger partial charge on any atom is -0.479 e. The van der Waals surface area contributed by atoms with Crippen LogP contribution in [0, 0.1) is 0 Å². The van der Waals surface area contributed by atoms with Gasteiger partial charge in [-0.1, -0.05) is 47.5 Å². The third kappa shape index (κ3) is 3.01. The second kappa shape index (κ2) is 6.57. The number of amides is 2. The van der Waals surface area contributed by atoms with Crippen LogP contribution in [-0.4, -0.2) is 29.0 Å². The molecule has 3 aromatic rings. The van der Waals surface area contributed by atoms with Crippen LogP contribution < -0.4 is 4.74 Å². The van der Waals surface area contributed by atoms with Crippen molar-refractivity contribution in [1.29, 1.82) is 0 Å². The molecule has 3 aromatic carbocycles. The molecule has 0 spiro atoms. The Morgan fingerprint density at radius 3 is 2.11 bits per heavy atom. The molecule has 0 unspecified atom stereocenters. The third-order valence-corrected chi connectivity index (χ3v) is 4.30. The molecular weight excluding hydrogens is 346 g/mol. The van der Waals surface area contributed by atoms with E-state index >= 15 is 0 Å². The maximum Gasteiger partial charge on any atom is 0.373 e. The van der Waals surface area contributed by atoms with Gasteiger partial charge in [0, 0.05) is 0 Å². The summed E-state index contributed by atoms with van der Waals surface area (Å²) < 4.78 is 5.62. The van der Waals surface area contributed by atoms with Crippen LogP contribution in [-0.2, 0) is 9.63 Å². The maximum absolute atomic E-state index is 12.3. The quantitative estimate of drug-likeness (QED) is 0.666. The van der Waals surface area contributed by atoms with E-state index in [4.69, 9.17) is 9.57 Å². The molecule has 0 saturated carbocycles. The van der Waals surface area contributed by atoms with Gasteiger partial charge in [0.05, 0.1) is 11.1 Å². The van der Waals surface area contributed by atoms with E-state index in [1.54, 1.807) is 24.3 Å². The van der Waals surface area contributed by atoms with E-state index in [1.165, 1.54) is 19.1 Å². The number of rotatable bonds is 4. The van der Waals surface area contributed by atoms with Crippen LogP contribution in [0.1, 0.15) is 27.6 Å². The van der Waals surface area contributed by atoms with Crippen LogP contribution in [0.25, 0.3) is 10.8 Å². The zero-order chi connectivity index (χ0) is 19.0. The molecule has 0 bridgehead atoms. The molecule has 6 heteroatoms. The minimum absolute atomic E-state index is 0.207. The summed E-state index contributed by atoms with van der Waals surface area (Å²) in [6.07, 6.45) is -1.00. The minimum atomic E-state index is -1.00. The predicted octanol–water partition coefficient (Wildman–Crippen LogP) is 3.36. The second-order valence-electron chi connectivity index (χ2n) is 6.13. The number of imide groups is 1. The van der Waals surface area contributed by atoms with Crippen LogP contribution in [0.4, 0.5) is 0 Å². The van der Waals surface area contributed by atoms with Crippen LogP contribution in [0.5, 0.6) is 5.75 Å². The Hall–Kier alpha value is -3.67. The SMILES string of the molecule is C[C@H](Oc1ccc2ccccc2c1)C(=O)ON1C(=O)c2ccccc2C1=O. The first-order valence-corrected chi connectivity index (χ1v) is 8.39. The Bertz CT molecular complexity index is 1040. The average molecular weight is 361 g/mol. The summed E-state index contributed by atoms with van der Waals surface area (Å²) in [6.45, 7) is 1.50. The number of hydrogen-bond acceptors (Lipinski definition) is 5. The van der Waals surface area contributed by atoms with E-state index in [1.807, 2.05) is 30.3 Å². The van der Waals surface area contributed by atoms with Crippen LogP contribution in [0.3, 0.4) is 0 Å². The largest absolute Gasteiger partial charge is 0.479 e. The molecule has 2 amide bonds. The highest BCUT2D eigenvalue weighted by Crippen LogP contribution is 2.24. The van der Waals surface area contributed by atoms with Gasteiger partial charge in [0.15, 0.2) is 6.10 Å². The molecule has 0 saturated heterocycles. The van der Waals surface area contributed by atoms with Crippen LogP contribution >= 0.6 is 0 Å². The number of fused-ring (bicyclic) bond motifs is 2. The first-order valence-electron chi connectivity index (χ1n) is 8.39. The van der Waals surface area contributed by atoms with Gasteiger partial charge >= 0.3 is 5.97 Å². The molecule has 4 rings (SSSR count). The van der Waals surface area contributed by atoms with Gasteiger partial charge < -0.3 is 9.57 Å². The number of benzene rings is 3. The van der Waals surface area contributed by atoms with Gasteiger partial charge in [-0.3, -0.25) is 9.59 Å². The summed E-state index contributed by atoms with van der Waals surface area (Å²) in [5, 5.41) is 2.50. The number of nitrogens with zero attached hydrogens (tertiary/aromatic N) is 1. The van der Waals surface area contributed by atoms with Crippen LogP contribution in [0.15, 0.2) is 66.7 Å². The number of ether oxygens (including phenoxy) is 1. The van der Waals surface area contributed by atoms with Crippen molar-refractivity contribution in [2.45, 2.75) is 13.0 Å². The third-order valence-electron chi connectivity index (χ3n) is 4.30. The van der Waals surface area contributed by atoms with E-state index in [9.17, 15) is 14.4 Å². The van der Waals surface area contributed by atoms with Gasteiger partial charge in [-0.05, 0) is 42.0 Å². The Morgan fingerprint density at radius 2 is 1.44 bits per heavy atom. The molecule has 134 valence electrons.